The van der Waals surface area contributed by atoms with Gasteiger partial charge >= 0.3 is 6.03 Å². The van der Waals surface area contributed by atoms with Gasteiger partial charge in [0.15, 0.2) is 11.5 Å². The highest BCUT2D eigenvalue weighted by Crippen LogP contribution is 2.33. The van der Waals surface area contributed by atoms with Gasteiger partial charge in [-0.25, -0.2) is 4.79 Å². The fourth-order valence-corrected chi connectivity index (χ4v) is 4.04. The Morgan fingerprint density at radius 2 is 2.00 bits per heavy atom. The summed E-state index contributed by atoms with van der Waals surface area (Å²) in [6.07, 6.45) is 5.03. The zero-order chi connectivity index (χ0) is 17.2. The number of ether oxygens (including phenoxy) is 2. The smallest absolute Gasteiger partial charge is 0.321 e. The molecule has 1 aromatic rings. The molecule has 3 N–H and O–H groups in total. The van der Waals surface area contributed by atoms with Crippen LogP contribution in [0.25, 0.3) is 0 Å². The third-order valence-corrected chi connectivity index (χ3v) is 5.40. The van der Waals surface area contributed by atoms with Crippen LogP contribution in [0.4, 0.5) is 10.5 Å². The first kappa shape index (κ1) is 16.5. The van der Waals surface area contributed by atoms with Gasteiger partial charge in [0.05, 0.1) is 0 Å². The van der Waals surface area contributed by atoms with E-state index < -0.39 is 0 Å². The van der Waals surface area contributed by atoms with Crippen molar-refractivity contribution in [2.45, 2.75) is 37.8 Å². The molecule has 1 aromatic carbocycles. The molecule has 1 saturated carbocycles. The van der Waals surface area contributed by atoms with Crippen LogP contribution in [0.3, 0.4) is 0 Å². The van der Waals surface area contributed by atoms with Gasteiger partial charge in [-0.05, 0) is 30.9 Å². The lowest BCUT2D eigenvalue weighted by Crippen LogP contribution is -2.44. The van der Waals surface area contributed by atoms with Gasteiger partial charge in [-0.1, -0.05) is 12.8 Å². The topological polar surface area (TPSA) is 74.9 Å². The van der Waals surface area contributed by atoms with Crippen LogP contribution in [0, 0.1) is 5.92 Å². The summed E-state index contributed by atoms with van der Waals surface area (Å²) in [6, 6.07) is 6.23. The van der Waals surface area contributed by atoms with E-state index in [2.05, 4.69) is 16.2 Å². The van der Waals surface area contributed by atoms with Crippen LogP contribution in [0.5, 0.6) is 11.5 Å². The van der Waals surface area contributed by atoms with Crippen molar-refractivity contribution >= 4 is 11.7 Å². The van der Waals surface area contributed by atoms with Crippen molar-refractivity contribution in [3.05, 3.63) is 18.2 Å². The maximum Gasteiger partial charge on any atom is 0.321 e. The van der Waals surface area contributed by atoms with E-state index in [1.54, 1.807) is 4.90 Å². The van der Waals surface area contributed by atoms with Crippen molar-refractivity contribution in [2.75, 3.05) is 32.1 Å². The van der Waals surface area contributed by atoms with E-state index in [1.165, 1.54) is 25.7 Å². The lowest BCUT2D eigenvalue weighted by Gasteiger charge is -2.29. The van der Waals surface area contributed by atoms with Gasteiger partial charge in [-0.2, -0.15) is 0 Å². The molecule has 2 amide bonds. The zero-order valence-electron chi connectivity index (χ0n) is 14.6. The number of nitrogens with zero attached hydrogens (tertiary/aromatic N) is 1. The monoisotopic (exact) mass is 346 g/mol. The zero-order valence-corrected chi connectivity index (χ0v) is 14.6. The van der Waals surface area contributed by atoms with E-state index in [9.17, 15) is 4.79 Å². The summed E-state index contributed by atoms with van der Waals surface area (Å²) >= 11 is 0. The number of likely N-dealkylation sites (N-methyl/N-ethyl adjacent to an activating group) is 1. The van der Waals surface area contributed by atoms with Gasteiger partial charge in [-0.15, -0.1) is 0 Å². The fraction of sp³-hybridized carbons (Fsp3) is 0.611. The molecule has 3 unspecified atom stereocenters. The average Bonchev–Trinajstić information content (AvgIpc) is 3.04. The number of rotatable bonds is 3. The Balaban J connectivity index is 1.34. The first-order valence-electron chi connectivity index (χ1n) is 9.13. The molecule has 0 spiro atoms. The Labute approximate surface area is 148 Å². The molecule has 3 aliphatic rings. The molecule has 2 fully saturated rings. The van der Waals surface area contributed by atoms with E-state index in [1.807, 2.05) is 25.2 Å². The van der Waals surface area contributed by atoms with Crippen LogP contribution < -0.4 is 25.6 Å². The molecule has 2 aliphatic heterocycles. The van der Waals surface area contributed by atoms with Gasteiger partial charge in [-0.3, -0.25) is 10.9 Å². The van der Waals surface area contributed by atoms with E-state index in [4.69, 9.17) is 9.47 Å². The molecule has 0 aromatic heterocycles. The number of hydrazine groups is 1. The van der Waals surface area contributed by atoms with Crippen molar-refractivity contribution in [3.8, 4) is 11.5 Å². The number of urea groups is 1. The number of anilines is 1. The maximum atomic E-state index is 12.5. The number of carbonyl (C=O) groups is 1. The molecule has 3 atom stereocenters. The second-order valence-electron chi connectivity index (χ2n) is 7.12. The van der Waals surface area contributed by atoms with E-state index in [0.717, 1.165) is 5.75 Å². The van der Waals surface area contributed by atoms with Gasteiger partial charge in [0, 0.05) is 37.4 Å². The van der Waals surface area contributed by atoms with Crippen LogP contribution >= 0.6 is 0 Å². The predicted octanol–water partition coefficient (Wildman–Crippen LogP) is 1.96. The fourth-order valence-electron chi connectivity index (χ4n) is 4.04. The van der Waals surface area contributed by atoms with Crippen molar-refractivity contribution in [2.24, 2.45) is 5.92 Å². The van der Waals surface area contributed by atoms with Crippen LogP contribution in [0.1, 0.15) is 25.7 Å². The quantitative estimate of drug-likeness (QED) is 0.780. The molecule has 7 heteroatoms. The minimum Gasteiger partial charge on any atom is -0.486 e. The Bertz CT molecular complexity index is 639. The molecule has 0 bridgehead atoms. The number of benzene rings is 1. The predicted molar refractivity (Wildman–Crippen MR) is 94.9 cm³/mol. The lowest BCUT2D eigenvalue weighted by atomic mass is 9.82. The second-order valence-corrected chi connectivity index (χ2v) is 7.12. The third kappa shape index (κ3) is 3.52. The Morgan fingerprint density at radius 3 is 2.88 bits per heavy atom. The van der Waals surface area contributed by atoms with Crippen LogP contribution in [0.15, 0.2) is 18.2 Å². The molecule has 136 valence electrons. The molecule has 25 heavy (non-hydrogen) atoms. The largest absolute Gasteiger partial charge is 0.486 e. The number of hydrogen-bond acceptors (Lipinski definition) is 5. The SMILES string of the molecule is CN(CC1NNC2CCCCC21)C(=O)Nc1ccc2c(c1)OCCO2. The Kier molecular flexibility index (Phi) is 4.67. The van der Waals surface area contributed by atoms with E-state index in [-0.39, 0.29) is 6.03 Å². The summed E-state index contributed by atoms with van der Waals surface area (Å²) in [6.45, 7) is 1.78. The summed E-state index contributed by atoms with van der Waals surface area (Å²) in [5, 5.41) is 2.94. The first-order chi connectivity index (χ1) is 12.2. The Morgan fingerprint density at radius 1 is 1.20 bits per heavy atom. The second kappa shape index (κ2) is 7.09. The van der Waals surface area contributed by atoms with Gasteiger partial charge < -0.3 is 19.7 Å². The summed E-state index contributed by atoms with van der Waals surface area (Å²) in [4.78, 5) is 14.3. The number of amides is 2. The molecule has 7 nitrogen and oxygen atoms in total. The molecule has 2 heterocycles. The highest BCUT2D eigenvalue weighted by atomic mass is 16.6. The van der Waals surface area contributed by atoms with Crippen molar-refractivity contribution in [1.29, 1.82) is 0 Å². The van der Waals surface area contributed by atoms with E-state index >= 15 is 0 Å². The number of nitrogens with one attached hydrogen (secondary N) is 3. The van der Waals surface area contributed by atoms with Crippen LogP contribution in [0.2, 0.25) is 0 Å². The van der Waals surface area contributed by atoms with Crippen molar-refractivity contribution in [3.63, 3.8) is 0 Å². The number of fused-ring (bicyclic) bond motifs is 2. The molecule has 0 radical (unpaired) electrons. The highest BCUT2D eigenvalue weighted by molar-refractivity contribution is 5.89. The lowest BCUT2D eigenvalue weighted by molar-refractivity contribution is 0.171. The van der Waals surface area contributed by atoms with Gasteiger partial charge in [0.2, 0.25) is 0 Å². The third-order valence-electron chi connectivity index (χ3n) is 5.40. The Hall–Kier alpha value is -1.99. The summed E-state index contributed by atoms with van der Waals surface area (Å²) in [5.74, 6) is 2.01. The minimum atomic E-state index is -0.113. The average molecular weight is 346 g/mol. The summed E-state index contributed by atoms with van der Waals surface area (Å²) < 4.78 is 11.1. The van der Waals surface area contributed by atoms with E-state index in [0.29, 0.717) is 49.2 Å². The summed E-state index contributed by atoms with van der Waals surface area (Å²) in [5.41, 5.74) is 7.50. The maximum absolute atomic E-state index is 12.5. The molecule has 1 saturated heterocycles. The normalized spacial score (nSPS) is 27.5. The summed E-state index contributed by atoms with van der Waals surface area (Å²) in [7, 11) is 1.84. The number of hydrogen-bond donors (Lipinski definition) is 3. The standard InChI is InChI=1S/C18H26N4O3/c1-22(11-15-13-4-2-3-5-14(13)20-21-15)18(23)19-12-6-7-16-17(10-12)25-9-8-24-16/h6-7,10,13-15,20-21H,2-5,8-9,11H2,1H3,(H,19,23). The molecule has 4 rings (SSSR count). The van der Waals surface area contributed by atoms with Crippen molar-refractivity contribution in [1.82, 2.24) is 15.8 Å². The number of carbonyl (C=O) groups excluding carboxylic acids is 1. The molecular formula is C18H26N4O3. The van der Waals surface area contributed by atoms with Gasteiger partial charge in [0.1, 0.15) is 13.2 Å². The minimum absolute atomic E-state index is 0.113. The molecule has 1 aliphatic carbocycles. The highest BCUT2D eigenvalue weighted by Gasteiger charge is 2.37. The molecular weight excluding hydrogens is 320 g/mol. The first-order valence-corrected chi connectivity index (χ1v) is 9.13. The van der Waals surface area contributed by atoms with Gasteiger partial charge in [0.25, 0.3) is 0 Å². The van der Waals surface area contributed by atoms with Crippen LogP contribution in [-0.4, -0.2) is 49.8 Å². The van der Waals surface area contributed by atoms with Crippen LogP contribution in [-0.2, 0) is 0 Å². The van der Waals surface area contributed by atoms with Crippen molar-refractivity contribution < 1.29 is 14.3 Å².